The van der Waals surface area contributed by atoms with Crippen molar-refractivity contribution in [3.63, 3.8) is 0 Å². The van der Waals surface area contributed by atoms with Gasteiger partial charge in [0.1, 0.15) is 6.04 Å². The Bertz CT molecular complexity index is 500. The molecule has 6 heteroatoms. The van der Waals surface area contributed by atoms with E-state index >= 15 is 0 Å². The predicted molar refractivity (Wildman–Crippen MR) is 78.9 cm³/mol. The van der Waals surface area contributed by atoms with Crippen LogP contribution in [0.2, 0.25) is 0 Å². The van der Waals surface area contributed by atoms with Crippen LogP contribution in [0.1, 0.15) is 26.3 Å². The number of hydrogen-bond donors (Lipinski definition) is 3. The number of rotatable bonds is 5. The summed E-state index contributed by atoms with van der Waals surface area (Å²) >= 11 is 0. The summed E-state index contributed by atoms with van der Waals surface area (Å²) in [6, 6.07) is 8.52. The molecule has 0 radical (unpaired) electrons. The van der Waals surface area contributed by atoms with Crippen LogP contribution in [0.3, 0.4) is 0 Å². The summed E-state index contributed by atoms with van der Waals surface area (Å²) in [5.74, 6) is -1.14. The minimum Gasteiger partial charge on any atom is -0.344 e. The van der Waals surface area contributed by atoms with E-state index in [1.807, 2.05) is 44.2 Å². The third kappa shape index (κ3) is 6.07. The van der Waals surface area contributed by atoms with E-state index in [-0.39, 0.29) is 24.2 Å². The van der Waals surface area contributed by atoms with Crippen LogP contribution in [-0.4, -0.2) is 23.8 Å². The van der Waals surface area contributed by atoms with Crippen molar-refractivity contribution in [3.8, 4) is 0 Å². The molecule has 1 atom stereocenters. The fraction of sp³-hybridized carbons (Fsp3) is 0.400. The summed E-state index contributed by atoms with van der Waals surface area (Å²) in [4.78, 5) is 34.7. The lowest BCUT2D eigenvalue weighted by atomic mass is 10.0. The van der Waals surface area contributed by atoms with Crippen LogP contribution in [-0.2, 0) is 20.8 Å². The molecule has 114 valence electrons. The van der Waals surface area contributed by atoms with Gasteiger partial charge in [0.15, 0.2) is 0 Å². The monoisotopic (exact) mass is 291 g/mol. The molecule has 1 aromatic rings. The van der Waals surface area contributed by atoms with Crippen LogP contribution < -0.4 is 16.2 Å². The molecule has 1 aromatic carbocycles. The Labute approximate surface area is 124 Å². The van der Waals surface area contributed by atoms with Gasteiger partial charge in [-0.05, 0) is 11.5 Å². The van der Waals surface area contributed by atoms with Crippen LogP contribution >= 0.6 is 0 Å². The van der Waals surface area contributed by atoms with Crippen molar-refractivity contribution in [2.75, 3.05) is 0 Å². The molecule has 6 nitrogen and oxygen atoms in total. The number of hydrazine groups is 1. The van der Waals surface area contributed by atoms with Crippen molar-refractivity contribution < 1.29 is 14.4 Å². The average Bonchev–Trinajstić information content (AvgIpc) is 2.43. The SMILES string of the molecule is CC(=O)NC(C(=O)NNC(=O)Cc1ccccc1)C(C)C. The minimum atomic E-state index is -0.681. The van der Waals surface area contributed by atoms with E-state index in [2.05, 4.69) is 16.2 Å². The van der Waals surface area contributed by atoms with Gasteiger partial charge in [-0.15, -0.1) is 0 Å². The van der Waals surface area contributed by atoms with E-state index in [9.17, 15) is 14.4 Å². The molecule has 3 N–H and O–H groups in total. The highest BCUT2D eigenvalue weighted by Gasteiger charge is 2.23. The first kappa shape index (κ1) is 16.7. The smallest absolute Gasteiger partial charge is 0.261 e. The van der Waals surface area contributed by atoms with Crippen molar-refractivity contribution in [1.82, 2.24) is 16.2 Å². The number of benzene rings is 1. The van der Waals surface area contributed by atoms with Crippen LogP contribution in [0.25, 0.3) is 0 Å². The van der Waals surface area contributed by atoms with Crippen molar-refractivity contribution in [2.45, 2.75) is 33.2 Å². The lowest BCUT2D eigenvalue weighted by molar-refractivity contribution is -0.132. The summed E-state index contributed by atoms with van der Waals surface area (Å²) in [6.07, 6.45) is 0.174. The van der Waals surface area contributed by atoms with Gasteiger partial charge >= 0.3 is 0 Å². The fourth-order valence-electron chi connectivity index (χ4n) is 1.79. The highest BCUT2D eigenvalue weighted by molar-refractivity contribution is 5.89. The first-order valence-electron chi connectivity index (χ1n) is 6.80. The third-order valence-corrected chi connectivity index (χ3v) is 2.84. The highest BCUT2D eigenvalue weighted by atomic mass is 16.2. The lowest BCUT2D eigenvalue weighted by Crippen LogP contribution is -2.54. The first-order chi connectivity index (χ1) is 9.90. The summed E-state index contributed by atoms with van der Waals surface area (Å²) < 4.78 is 0. The largest absolute Gasteiger partial charge is 0.344 e. The minimum absolute atomic E-state index is 0.0834. The van der Waals surface area contributed by atoms with Gasteiger partial charge in [0, 0.05) is 6.92 Å². The Kier molecular flexibility index (Phi) is 6.39. The molecule has 0 aliphatic rings. The first-order valence-corrected chi connectivity index (χ1v) is 6.80. The number of hydrogen-bond acceptors (Lipinski definition) is 3. The molecule has 0 aromatic heterocycles. The lowest BCUT2D eigenvalue weighted by Gasteiger charge is -2.21. The molecular weight excluding hydrogens is 270 g/mol. The number of nitrogens with one attached hydrogen (secondary N) is 3. The van der Waals surface area contributed by atoms with E-state index in [0.717, 1.165) is 5.56 Å². The van der Waals surface area contributed by atoms with Crippen LogP contribution in [0.5, 0.6) is 0 Å². The maximum absolute atomic E-state index is 11.9. The van der Waals surface area contributed by atoms with Gasteiger partial charge in [0.05, 0.1) is 6.42 Å². The molecule has 0 aliphatic carbocycles. The summed E-state index contributed by atoms with van der Waals surface area (Å²) in [5.41, 5.74) is 5.54. The van der Waals surface area contributed by atoms with Gasteiger partial charge in [-0.2, -0.15) is 0 Å². The quantitative estimate of drug-likeness (QED) is 0.692. The Morgan fingerprint density at radius 2 is 1.67 bits per heavy atom. The Morgan fingerprint density at radius 1 is 1.05 bits per heavy atom. The molecule has 0 aliphatic heterocycles. The van der Waals surface area contributed by atoms with Gasteiger partial charge in [-0.25, -0.2) is 0 Å². The average molecular weight is 291 g/mol. The molecule has 3 amide bonds. The van der Waals surface area contributed by atoms with E-state index in [4.69, 9.17) is 0 Å². The third-order valence-electron chi connectivity index (χ3n) is 2.84. The van der Waals surface area contributed by atoms with Crippen molar-refractivity contribution in [2.24, 2.45) is 5.92 Å². The van der Waals surface area contributed by atoms with Crippen LogP contribution in [0.15, 0.2) is 30.3 Å². The molecule has 0 spiro atoms. The highest BCUT2D eigenvalue weighted by Crippen LogP contribution is 2.01. The topological polar surface area (TPSA) is 87.3 Å². The zero-order valence-electron chi connectivity index (χ0n) is 12.5. The Morgan fingerprint density at radius 3 is 2.19 bits per heavy atom. The van der Waals surface area contributed by atoms with Gasteiger partial charge in [-0.3, -0.25) is 25.2 Å². The van der Waals surface area contributed by atoms with Crippen molar-refractivity contribution >= 4 is 17.7 Å². The molecule has 0 saturated heterocycles. The van der Waals surface area contributed by atoms with Gasteiger partial charge in [0.2, 0.25) is 11.8 Å². The van der Waals surface area contributed by atoms with E-state index < -0.39 is 11.9 Å². The van der Waals surface area contributed by atoms with E-state index in [1.165, 1.54) is 6.92 Å². The normalized spacial score (nSPS) is 11.6. The maximum Gasteiger partial charge on any atom is 0.261 e. The van der Waals surface area contributed by atoms with Gasteiger partial charge < -0.3 is 5.32 Å². The molecule has 1 unspecified atom stereocenters. The fourth-order valence-corrected chi connectivity index (χ4v) is 1.79. The standard InChI is InChI=1S/C15H21N3O3/c1-10(2)14(16-11(3)19)15(21)18-17-13(20)9-12-7-5-4-6-8-12/h4-8,10,14H,9H2,1-3H3,(H,16,19)(H,17,20)(H,18,21). The Balaban J connectivity index is 2.47. The molecule has 0 bridgehead atoms. The van der Waals surface area contributed by atoms with E-state index in [1.54, 1.807) is 0 Å². The summed E-state index contributed by atoms with van der Waals surface area (Å²) in [5, 5.41) is 2.55. The molecule has 1 rings (SSSR count). The van der Waals surface area contributed by atoms with Crippen LogP contribution in [0.4, 0.5) is 0 Å². The van der Waals surface area contributed by atoms with Crippen LogP contribution in [0, 0.1) is 5.92 Å². The summed E-state index contributed by atoms with van der Waals surface area (Å²) in [6.45, 7) is 4.97. The van der Waals surface area contributed by atoms with Crippen molar-refractivity contribution in [1.29, 1.82) is 0 Å². The molecule has 21 heavy (non-hydrogen) atoms. The van der Waals surface area contributed by atoms with E-state index in [0.29, 0.717) is 0 Å². The number of carbonyl (C=O) groups excluding carboxylic acids is 3. The zero-order valence-corrected chi connectivity index (χ0v) is 12.5. The van der Waals surface area contributed by atoms with Gasteiger partial charge in [-0.1, -0.05) is 44.2 Å². The maximum atomic E-state index is 11.9. The summed E-state index contributed by atoms with van der Waals surface area (Å²) in [7, 11) is 0. The second-order valence-corrected chi connectivity index (χ2v) is 5.12. The predicted octanol–water partition coefficient (Wildman–Crippen LogP) is 0.537. The number of amides is 3. The van der Waals surface area contributed by atoms with Gasteiger partial charge in [0.25, 0.3) is 5.91 Å². The molecule has 0 fully saturated rings. The second kappa shape index (κ2) is 8.04. The molecule has 0 heterocycles. The second-order valence-electron chi connectivity index (χ2n) is 5.12. The molecular formula is C15H21N3O3. The van der Waals surface area contributed by atoms with Crippen molar-refractivity contribution in [3.05, 3.63) is 35.9 Å². The Hall–Kier alpha value is -2.37. The number of carbonyl (C=O) groups is 3. The zero-order chi connectivity index (χ0) is 15.8. The molecule has 0 saturated carbocycles.